The Bertz CT molecular complexity index is 330. The lowest BCUT2D eigenvalue weighted by Crippen LogP contribution is -2.56. The van der Waals surface area contributed by atoms with Gasteiger partial charge in [-0.3, -0.25) is 4.79 Å². The van der Waals surface area contributed by atoms with E-state index in [0.717, 1.165) is 38.6 Å². The Morgan fingerprint density at radius 1 is 1.21 bits per heavy atom. The fraction of sp³-hybridized carbons (Fsp3) is 0.857. The van der Waals surface area contributed by atoms with E-state index < -0.39 is 5.54 Å². The van der Waals surface area contributed by atoms with Crippen molar-refractivity contribution in [1.29, 1.82) is 0 Å². The summed E-state index contributed by atoms with van der Waals surface area (Å²) >= 11 is 0. The first kappa shape index (κ1) is 14.3. The smallest absolute Gasteiger partial charge is 0.331 e. The second-order valence-electron chi connectivity index (χ2n) is 5.67. The van der Waals surface area contributed by atoms with Gasteiger partial charge in [0.25, 0.3) is 0 Å². The zero-order chi connectivity index (χ0) is 13.7. The van der Waals surface area contributed by atoms with Crippen LogP contribution in [-0.2, 0) is 14.3 Å². The number of amides is 1. The van der Waals surface area contributed by atoms with E-state index >= 15 is 0 Å². The summed E-state index contributed by atoms with van der Waals surface area (Å²) < 4.78 is 4.94. The molecule has 1 atom stereocenters. The maximum absolute atomic E-state index is 12.3. The molecule has 0 radical (unpaired) electrons. The van der Waals surface area contributed by atoms with Crippen molar-refractivity contribution >= 4 is 11.9 Å². The molecular weight excluding hydrogens is 244 g/mol. The van der Waals surface area contributed by atoms with Gasteiger partial charge in [-0.25, -0.2) is 4.79 Å². The van der Waals surface area contributed by atoms with Gasteiger partial charge in [0.15, 0.2) is 0 Å². The quantitative estimate of drug-likeness (QED) is 0.591. The fourth-order valence-corrected chi connectivity index (χ4v) is 3.12. The molecule has 2 aliphatic rings. The van der Waals surface area contributed by atoms with Crippen LogP contribution in [0.2, 0.25) is 0 Å². The second kappa shape index (κ2) is 6.37. The van der Waals surface area contributed by atoms with Crippen LogP contribution in [0.15, 0.2) is 0 Å². The van der Waals surface area contributed by atoms with Crippen molar-refractivity contribution in [2.45, 2.75) is 50.5 Å². The van der Waals surface area contributed by atoms with Gasteiger partial charge >= 0.3 is 5.97 Å². The molecule has 1 saturated carbocycles. The molecule has 5 heteroatoms. The summed E-state index contributed by atoms with van der Waals surface area (Å²) in [5.41, 5.74) is -0.787. The molecular formula is C14H24N2O3. The van der Waals surface area contributed by atoms with E-state index in [1.165, 1.54) is 7.11 Å². The summed E-state index contributed by atoms with van der Waals surface area (Å²) in [5, 5.41) is 6.19. The summed E-state index contributed by atoms with van der Waals surface area (Å²) in [6.07, 6.45) is 6.44. The summed E-state index contributed by atoms with van der Waals surface area (Å²) in [7, 11) is 1.40. The van der Waals surface area contributed by atoms with E-state index in [1.807, 2.05) is 0 Å². The highest BCUT2D eigenvalue weighted by Crippen LogP contribution is 2.29. The van der Waals surface area contributed by atoms with Crippen molar-refractivity contribution in [3.05, 3.63) is 0 Å². The molecule has 5 nitrogen and oxygen atoms in total. The number of ether oxygens (including phenoxy) is 1. The lowest BCUT2D eigenvalue weighted by Gasteiger charge is -2.31. The maximum Gasteiger partial charge on any atom is 0.331 e. The zero-order valence-electron chi connectivity index (χ0n) is 11.7. The first-order valence-corrected chi connectivity index (χ1v) is 7.29. The standard InChI is InChI=1S/C14H24N2O3/c1-19-13(18)14(7-4-2-3-5-8-14)16-12(17)11-6-9-15-10-11/h11,15H,2-10H2,1H3,(H,16,17). The normalized spacial score (nSPS) is 26.5. The minimum absolute atomic E-state index is 0.00250. The first-order valence-electron chi connectivity index (χ1n) is 7.29. The van der Waals surface area contributed by atoms with Gasteiger partial charge in [-0.2, -0.15) is 0 Å². The number of carbonyl (C=O) groups is 2. The number of nitrogens with one attached hydrogen (secondary N) is 2. The second-order valence-corrected chi connectivity index (χ2v) is 5.67. The predicted octanol–water partition coefficient (Wildman–Crippen LogP) is 0.978. The Labute approximate surface area is 114 Å². The number of methoxy groups -OCH3 is 1. The molecule has 0 aromatic rings. The fourth-order valence-electron chi connectivity index (χ4n) is 3.12. The van der Waals surface area contributed by atoms with E-state index in [2.05, 4.69) is 10.6 Å². The number of carbonyl (C=O) groups excluding carboxylic acids is 2. The molecule has 0 aromatic heterocycles. The van der Waals surface area contributed by atoms with Gasteiger partial charge in [-0.05, 0) is 25.8 Å². The molecule has 1 amide bonds. The third-order valence-corrected chi connectivity index (χ3v) is 4.33. The number of hydrogen-bond donors (Lipinski definition) is 2. The Balaban J connectivity index is 2.07. The molecule has 1 aliphatic heterocycles. The molecule has 0 spiro atoms. The molecule has 2 rings (SSSR count). The molecule has 0 bridgehead atoms. The van der Waals surface area contributed by atoms with Gasteiger partial charge in [0, 0.05) is 6.54 Å². The maximum atomic E-state index is 12.3. The average Bonchev–Trinajstić information content (AvgIpc) is 2.86. The monoisotopic (exact) mass is 268 g/mol. The number of rotatable bonds is 3. The highest BCUT2D eigenvalue weighted by atomic mass is 16.5. The van der Waals surface area contributed by atoms with E-state index in [0.29, 0.717) is 19.4 Å². The van der Waals surface area contributed by atoms with Gasteiger partial charge in [0.2, 0.25) is 5.91 Å². The van der Waals surface area contributed by atoms with Crippen LogP contribution in [0, 0.1) is 5.92 Å². The highest BCUT2D eigenvalue weighted by Gasteiger charge is 2.42. The van der Waals surface area contributed by atoms with Crippen LogP contribution < -0.4 is 10.6 Å². The Kier molecular flexibility index (Phi) is 4.80. The third-order valence-electron chi connectivity index (χ3n) is 4.33. The summed E-state index contributed by atoms with van der Waals surface area (Å²) in [4.78, 5) is 24.4. The number of esters is 1. The summed E-state index contributed by atoms with van der Waals surface area (Å²) in [6, 6.07) is 0. The number of hydrogen-bond acceptors (Lipinski definition) is 4. The Morgan fingerprint density at radius 2 is 1.89 bits per heavy atom. The van der Waals surface area contributed by atoms with Gasteiger partial charge in [0.05, 0.1) is 13.0 Å². The molecule has 1 aliphatic carbocycles. The van der Waals surface area contributed by atoms with E-state index in [-0.39, 0.29) is 17.8 Å². The molecule has 1 heterocycles. The van der Waals surface area contributed by atoms with Crippen molar-refractivity contribution in [3.8, 4) is 0 Å². The highest BCUT2D eigenvalue weighted by molar-refractivity contribution is 5.89. The molecule has 2 fully saturated rings. The van der Waals surface area contributed by atoms with Crippen molar-refractivity contribution < 1.29 is 14.3 Å². The van der Waals surface area contributed by atoms with Crippen molar-refractivity contribution in [2.75, 3.05) is 20.2 Å². The lowest BCUT2D eigenvalue weighted by molar-refractivity contribution is -0.152. The molecule has 2 N–H and O–H groups in total. The minimum Gasteiger partial charge on any atom is -0.467 e. The zero-order valence-corrected chi connectivity index (χ0v) is 11.7. The van der Waals surface area contributed by atoms with Gasteiger partial charge < -0.3 is 15.4 Å². The summed E-state index contributed by atoms with van der Waals surface area (Å²) in [6.45, 7) is 1.59. The van der Waals surface area contributed by atoms with Gasteiger partial charge in [-0.15, -0.1) is 0 Å². The van der Waals surface area contributed by atoms with E-state index in [9.17, 15) is 9.59 Å². The predicted molar refractivity (Wildman–Crippen MR) is 71.6 cm³/mol. The molecule has 108 valence electrons. The van der Waals surface area contributed by atoms with Crippen LogP contribution in [0.5, 0.6) is 0 Å². The minimum atomic E-state index is -0.787. The van der Waals surface area contributed by atoms with Crippen LogP contribution in [-0.4, -0.2) is 37.6 Å². The topological polar surface area (TPSA) is 67.4 Å². The third kappa shape index (κ3) is 3.26. The van der Waals surface area contributed by atoms with Crippen LogP contribution in [0.25, 0.3) is 0 Å². The Hall–Kier alpha value is -1.10. The largest absolute Gasteiger partial charge is 0.467 e. The molecule has 0 aromatic carbocycles. The van der Waals surface area contributed by atoms with Crippen molar-refractivity contribution in [1.82, 2.24) is 10.6 Å². The molecule has 1 unspecified atom stereocenters. The van der Waals surface area contributed by atoms with Crippen molar-refractivity contribution in [3.63, 3.8) is 0 Å². The van der Waals surface area contributed by atoms with Crippen LogP contribution in [0.4, 0.5) is 0 Å². The van der Waals surface area contributed by atoms with Crippen LogP contribution in [0.1, 0.15) is 44.9 Å². The van der Waals surface area contributed by atoms with Crippen LogP contribution >= 0.6 is 0 Å². The van der Waals surface area contributed by atoms with E-state index in [1.54, 1.807) is 0 Å². The lowest BCUT2D eigenvalue weighted by atomic mass is 9.89. The average molecular weight is 268 g/mol. The summed E-state index contributed by atoms with van der Waals surface area (Å²) in [5.74, 6) is -0.296. The molecule has 19 heavy (non-hydrogen) atoms. The van der Waals surface area contributed by atoms with Crippen molar-refractivity contribution in [2.24, 2.45) is 5.92 Å². The van der Waals surface area contributed by atoms with Crippen LogP contribution in [0.3, 0.4) is 0 Å². The molecule has 1 saturated heterocycles. The van der Waals surface area contributed by atoms with E-state index in [4.69, 9.17) is 4.74 Å². The Morgan fingerprint density at radius 3 is 2.42 bits per heavy atom. The SMILES string of the molecule is COC(=O)C1(NC(=O)C2CCNC2)CCCCCC1. The van der Waals surface area contributed by atoms with Gasteiger partial charge in [-0.1, -0.05) is 25.7 Å². The first-order chi connectivity index (χ1) is 9.18. The van der Waals surface area contributed by atoms with Gasteiger partial charge in [0.1, 0.15) is 5.54 Å².